The van der Waals surface area contributed by atoms with Gasteiger partial charge in [-0.2, -0.15) is 0 Å². The van der Waals surface area contributed by atoms with E-state index in [4.69, 9.17) is 25.5 Å². The molecule has 6 nitrogen and oxygen atoms in total. The van der Waals surface area contributed by atoms with E-state index in [9.17, 15) is 4.21 Å². The van der Waals surface area contributed by atoms with E-state index in [1.807, 2.05) is 0 Å². The van der Waals surface area contributed by atoms with E-state index in [1.165, 1.54) is 0 Å². The quantitative estimate of drug-likeness (QED) is 0.831. The fraction of sp³-hybridized carbons (Fsp3) is 0.429. The predicted molar refractivity (Wildman–Crippen MR) is 81.1 cm³/mol. The molecule has 0 aliphatic carbocycles. The second-order valence-electron chi connectivity index (χ2n) is 4.79. The minimum absolute atomic E-state index is 0.427. The molecule has 0 spiro atoms. The highest BCUT2D eigenvalue weighted by Gasteiger charge is 2.18. The highest BCUT2D eigenvalue weighted by molar-refractivity contribution is 7.85. The minimum atomic E-state index is -1.22. The van der Waals surface area contributed by atoms with Crippen LogP contribution < -0.4 is 9.47 Å². The first-order chi connectivity index (χ1) is 10.6. The van der Waals surface area contributed by atoms with Gasteiger partial charge in [0.15, 0.2) is 11.5 Å². The summed E-state index contributed by atoms with van der Waals surface area (Å²) in [5.41, 5.74) is 0. The second kappa shape index (κ2) is 6.66. The number of hydrogen-bond donors (Lipinski definition) is 0. The Hall–Kier alpha value is -1.60. The average molecular weight is 343 g/mol. The van der Waals surface area contributed by atoms with Gasteiger partial charge in [-0.3, -0.25) is 4.21 Å². The third-order valence-corrected chi connectivity index (χ3v) is 5.04. The van der Waals surface area contributed by atoms with Gasteiger partial charge in [0.1, 0.15) is 13.2 Å². The van der Waals surface area contributed by atoms with E-state index in [-0.39, 0.29) is 0 Å². The van der Waals surface area contributed by atoms with Crippen LogP contribution in [0.5, 0.6) is 11.5 Å². The minimum Gasteiger partial charge on any atom is -0.486 e. The summed E-state index contributed by atoms with van der Waals surface area (Å²) >= 11 is 6.19. The van der Waals surface area contributed by atoms with Gasteiger partial charge < -0.3 is 13.9 Å². The molecule has 0 saturated carbocycles. The van der Waals surface area contributed by atoms with Gasteiger partial charge >= 0.3 is 0 Å². The summed E-state index contributed by atoms with van der Waals surface area (Å²) in [4.78, 5) is 0.563. The zero-order valence-electron chi connectivity index (χ0n) is 12.0. The molecule has 2 heterocycles. The number of ether oxygens (including phenoxy) is 2. The molecule has 0 bridgehead atoms. The lowest BCUT2D eigenvalue weighted by Gasteiger charge is -2.19. The van der Waals surface area contributed by atoms with Gasteiger partial charge in [0.25, 0.3) is 0 Å². The third kappa shape index (κ3) is 3.41. The predicted octanol–water partition coefficient (Wildman–Crippen LogP) is 2.54. The van der Waals surface area contributed by atoms with Crippen LogP contribution >= 0.6 is 11.6 Å². The van der Waals surface area contributed by atoms with Crippen LogP contribution in [0.25, 0.3) is 0 Å². The van der Waals surface area contributed by atoms with E-state index in [2.05, 4.69) is 10.2 Å². The lowest BCUT2D eigenvalue weighted by Crippen LogP contribution is -2.15. The highest BCUT2D eigenvalue weighted by Crippen LogP contribution is 2.36. The lowest BCUT2D eigenvalue weighted by atomic mass is 10.3. The van der Waals surface area contributed by atoms with E-state index < -0.39 is 10.8 Å². The van der Waals surface area contributed by atoms with Gasteiger partial charge in [-0.25, -0.2) is 0 Å². The molecule has 118 valence electrons. The van der Waals surface area contributed by atoms with Gasteiger partial charge in [-0.15, -0.1) is 10.2 Å². The van der Waals surface area contributed by atoms with Crippen molar-refractivity contribution < 1.29 is 18.1 Å². The standard InChI is InChI=1S/C14H15ClN2O4S/c1-9-16-17-14(21-9)3-2-6-22(18)13-8-12-11(7-10(13)15)19-4-5-20-12/h7-8H,2-6H2,1H3/t22-/m1/s1. The molecule has 0 saturated heterocycles. The Kier molecular flexibility index (Phi) is 4.63. The third-order valence-electron chi connectivity index (χ3n) is 3.13. The van der Waals surface area contributed by atoms with Crippen molar-refractivity contribution in [2.24, 2.45) is 0 Å². The summed E-state index contributed by atoms with van der Waals surface area (Å²) in [7, 11) is -1.22. The van der Waals surface area contributed by atoms with Crippen molar-refractivity contribution in [2.45, 2.75) is 24.7 Å². The maximum atomic E-state index is 12.4. The smallest absolute Gasteiger partial charge is 0.216 e. The molecule has 8 heteroatoms. The first kappa shape index (κ1) is 15.3. The molecular formula is C14H15ClN2O4S. The van der Waals surface area contributed by atoms with Gasteiger partial charge in [-0.05, 0) is 6.42 Å². The van der Waals surface area contributed by atoms with Crippen LogP contribution in [0.4, 0.5) is 0 Å². The van der Waals surface area contributed by atoms with Crippen molar-refractivity contribution in [1.29, 1.82) is 0 Å². The molecule has 1 aromatic heterocycles. The van der Waals surface area contributed by atoms with Crippen LogP contribution in [0.1, 0.15) is 18.2 Å². The monoisotopic (exact) mass is 342 g/mol. The van der Waals surface area contributed by atoms with Crippen LogP contribution in [0, 0.1) is 6.92 Å². The summed E-state index contributed by atoms with van der Waals surface area (Å²) in [6.07, 6.45) is 1.26. The molecule has 0 radical (unpaired) electrons. The van der Waals surface area contributed by atoms with Crippen molar-refractivity contribution in [3.05, 3.63) is 28.9 Å². The van der Waals surface area contributed by atoms with Crippen molar-refractivity contribution in [3.8, 4) is 11.5 Å². The number of aryl methyl sites for hydroxylation is 2. The highest BCUT2D eigenvalue weighted by atomic mass is 35.5. The van der Waals surface area contributed by atoms with Crippen molar-refractivity contribution >= 4 is 22.4 Å². The lowest BCUT2D eigenvalue weighted by molar-refractivity contribution is 0.171. The Labute approximate surface area is 135 Å². The molecule has 1 aromatic carbocycles. The molecule has 0 fully saturated rings. The maximum absolute atomic E-state index is 12.4. The van der Waals surface area contributed by atoms with Gasteiger partial charge in [-0.1, -0.05) is 11.6 Å². The number of nitrogens with zero attached hydrogens (tertiary/aromatic N) is 2. The van der Waals surface area contributed by atoms with Crippen LogP contribution in [-0.4, -0.2) is 33.4 Å². The summed E-state index contributed by atoms with van der Waals surface area (Å²) in [6.45, 7) is 2.72. The summed E-state index contributed by atoms with van der Waals surface area (Å²) in [5, 5.41) is 8.10. The van der Waals surface area contributed by atoms with Crippen LogP contribution in [0.3, 0.4) is 0 Å². The molecular weight excluding hydrogens is 328 g/mol. The van der Waals surface area contributed by atoms with Crippen molar-refractivity contribution in [1.82, 2.24) is 10.2 Å². The average Bonchev–Trinajstić information content (AvgIpc) is 2.92. The molecule has 0 N–H and O–H groups in total. The summed E-state index contributed by atoms with van der Waals surface area (Å²) in [5.74, 6) is 2.74. The Balaban J connectivity index is 1.64. The molecule has 1 atom stereocenters. The number of aromatic nitrogens is 2. The Morgan fingerprint density at radius 2 is 1.95 bits per heavy atom. The summed E-state index contributed by atoms with van der Waals surface area (Å²) in [6, 6.07) is 3.36. The zero-order chi connectivity index (χ0) is 15.5. The molecule has 1 aliphatic rings. The Morgan fingerprint density at radius 1 is 1.23 bits per heavy atom. The van der Waals surface area contributed by atoms with Crippen LogP contribution in [-0.2, 0) is 17.2 Å². The van der Waals surface area contributed by atoms with Crippen molar-refractivity contribution in [3.63, 3.8) is 0 Å². The number of hydrogen-bond acceptors (Lipinski definition) is 6. The largest absolute Gasteiger partial charge is 0.486 e. The van der Waals surface area contributed by atoms with Crippen molar-refractivity contribution in [2.75, 3.05) is 19.0 Å². The Morgan fingerprint density at radius 3 is 2.64 bits per heavy atom. The normalized spacial score (nSPS) is 14.8. The molecule has 0 unspecified atom stereocenters. The van der Waals surface area contributed by atoms with Crippen LogP contribution in [0.15, 0.2) is 21.4 Å². The molecule has 22 heavy (non-hydrogen) atoms. The first-order valence-corrected chi connectivity index (χ1v) is 8.59. The van der Waals surface area contributed by atoms with Gasteiger partial charge in [0, 0.05) is 31.2 Å². The van der Waals surface area contributed by atoms with E-state index in [0.717, 1.165) is 0 Å². The van der Waals surface area contributed by atoms with E-state index in [1.54, 1.807) is 19.1 Å². The Bertz CT molecular complexity index is 704. The van der Waals surface area contributed by atoms with Gasteiger partial charge in [0.2, 0.25) is 11.8 Å². The fourth-order valence-electron chi connectivity index (χ4n) is 2.12. The molecule has 1 aliphatic heterocycles. The topological polar surface area (TPSA) is 74.5 Å². The number of rotatable bonds is 5. The second-order valence-corrected chi connectivity index (χ2v) is 6.74. The van der Waals surface area contributed by atoms with E-state index >= 15 is 0 Å². The number of halogens is 1. The maximum Gasteiger partial charge on any atom is 0.216 e. The van der Waals surface area contributed by atoms with E-state index in [0.29, 0.717) is 65.0 Å². The first-order valence-electron chi connectivity index (χ1n) is 6.90. The molecule has 3 rings (SSSR count). The fourth-order valence-corrected chi connectivity index (χ4v) is 3.68. The van der Waals surface area contributed by atoms with Crippen LogP contribution in [0.2, 0.25) is 5.02 Å². The SMILES string of the molecule is Cc1nnc(CCC[S@@](=O)c2cc3c(cc2Cl)OCCO3)o1. The molecule has 0 amide bonds. The summed E-state index contributed by atoms with van der Waals surface area (Å²) < 4.78 is 28.6. The number of fused-ring (bicyclic) bond motifs is 1. The zero-order valence-corrected chi connectivity index (χ0v) is 13.6. The van der Waals surface area contributed by atoms with Gasteiger partial charge in [0.05, 0.1) is 20.7 Å². The number of benzene rings is 1. The molecule has 2 aromatic rings.